The van der Waals surface area contributed by atoms with Gasteiger partial charge in [-0.25, -0.2) is 0 Å². The van der Waals surface area contributed by atoms with Crippen molar-refractivity contribution in [3.63, 3.8) is 0 Å². The van der Waals surface area contributed by atoms with Crippen LogP contribution in [0, 0.1) is 3.57 Å². The lowest BCUT2D eigenvalue weighted by Crippen LogP contribution is -2.37. The molecule has 7 heteroatoms. The minimum absolute atomic E-state index is 0.203. The smallest absolute Gasteiger partial charge is 0.299 e. The van der Waals surface area contributed by atoms with E-state index in [2.05, 4.69) is 43.8 Å². The molecular weight excluding hydrogens is 475 g/mol. The van der Waals surface area contributed by atoms with E-state index in [1.54, 1.807) is 30.3 Å². The molecule has 0 radical (unpaired) electrons. The summed E-state index contributed by atoms with van der Waals surface area (Å²) in [4.78, 5) is 37.4. The molecule has 0 fully saturated rings. The molecule has 1 aliphatic heterocycles. The first-order chi connectivity index (χ1) is 11.0. The van der Waals surface area contributed by atoms with E-state index in [9.17, 15) is 14.4 Å². The standard InChI is InChI=1S/C16H10BrIN2O3/c17-9-1-6-13-12(7-9)15(22)16(23)20(13)8-14(21)19-11-4-2-10(18)3-5-11/h1-7H,8H2,(H,19,21). The van der Waals surface area contributed by atoms with Crippen LogP contribution in [0.4, 0.5) is 11.4 Å². The first-order valence-corrected chi connectivity index (χ1v) is 8.54. The summed E-state index contributed by atoms with van der Waals surface area (Å²) in [5.41, 5.74) is 1.41. The monoisotopic (exact) mass is 484 g/mol. The highest BCUT2D eigenvalue weighted by Crippen LogP contribution is 2.31. The van der Waals surface area contributed by atoms with Crippen LogP contribution in [0.25, 0.3) is 0 Å². The number of ketones is 1. The van der Waals surface area contributed by atoms with E-state index in [1.807, 2.05) is 12.1 Å². The molecule has 1 N–H and O–H groups in total. The van der Waals surface area contributed by atoms with Gasteiger partial charge in [-0.3, -0.25) is 19.3 Å². The van der Waals surface area contributed by atoms with Crippen molar-refractivity contribution in [2.45, 2.75) is 0 Å². The molecule has 1 aliphatic rings. The van der Waals surface area contributed by atoms with Crippen LogP contribution >= 0.6 is 38.5 Å². The van der Waals surface area contributed by atoms with Gasteiger partial charge in [0, 0.05) is 13.7 Å². The fourth-order valence-corrected chi connectivity index (χ4v) is 3.03. The highest BCUT2D eigenvalue weighted by molar-refractivity contribution is 14.1. The van der Waals surface area contributed by atoms with E-state index < -0.39 is 11.7 Å². The number of rotatable bonds is 3. The Balaban J connectivity index is 1.78. The first-order valence-electron chi connectivity index (χ1n) is 6.67. The summed E-state index contributed by atoms with van der Waals surface area (Å²) in [7, 11) is 0. The number of anilines is 2. The molecule has 0 unspecified atom stereocenters. The molecule has 1 heterocycles. The van der Waals surface area contributed by atoms with Crippen molar-refractivity contribution in [2.75, 3.05) is 16.8 Å². The van der Waals surface area contributed by atoms with E-state index >= 15 is 0 Å². The number of halogens is 2. The Morgan fingerprint density at radius 2 is 1.83 bits per heavy atom. The largest absolute Gasteiger partial charge is 0.325 e. The van der Waals surface area contributed by atoms with Crippen molar-refractivity contribution in [3.8, 4) is 0 Å². The van der Waals surface area contributed by atoms with Crippen molar-refractivity contribution in [3.05, 3.63) is 56.1 Å². The number of benzene rings is 2. The number of fused-ring (bicyclic) bond motifs is 1. The van der Waals surface area contributed by atoms with Crippen LogP contribution in [-0.4, -0.2) is 24.1 Å². The predicted octanol–water partition coefficient (Wildman–Crippen LogP) is 3.22. The van der Waals surface area contributed by atoms with Gasteiger partial charge >= 0.3 is 0 Å². The lowest BCUT2D eigenvalue weighted by atomic mass is 10.1. The molecule has 116 valence electrons. The second-order valence-electron chi connectivity index (χ2n) is 4.94. The van der Waals surface area contributed by atoms with Crippen molar-refractivity contribution in [1.82, 2.24) is 0 Å². The van der Waals surface area contributed by atoms with Crippen LogP contribution in [0.2, 0.25) is 0 Å². The number of carbonyl (C=O) groups excluding carboxylic acids is 3. The molecule has 2 aromatic carbocycles. The van der Waals surface area contributed by atoms with E-state index in [-0.39, 0.29) is 12.5 Å². The second kappa shape index (κ2) is 6.40. The number of nitrogens with one attached hydrogen (secondary N) is 1. The molecule has 2 aromatic rings. The van der Waals surface area contributed by atoms with Gasteiger partial charge in [0.15, 0.2) is 0 Å². The molecule has 0 aliphatic carbocycles. The van der Waals surface area contributed by atoms with Crippen LogP contribution in [0.3, 0.4) is 0 Å². The molecule has 0 atom stereocenters. The fourth-order valence-electron chi connectivity index (χ4n) is 2.31. The summed E-state index contributed by atoms with van der Waals surface area (Å²) in [6.45, 7) is -0.203. The maximum atomic E-state index is 12.2. The molecule has 0 aromatic heterocycles. The van der Waals surface area contributed by atoms with Crippen LogP contribution in [0.5, 0.6) is 0 Å². The summed E-state index contributed by atoms with van der Waals surface area (Å²) < 4.78 is 1.77. The zero-order chi connectivity index (χ0) is 16.6. The maximum absolute atomic E-state index is 12.2. The Kier molecular flexibility index (Phi) is 4.49. The SMILES string of the molecule is O=C(CN1C(=O)C(=O)c2cc(Br)ccc21)Nc1ccc(I)cc1. The number of carbonyl (C=O) groups is 3. The summed E-state index contributed by atoms with van der Waals surface area (Å²) in [6, 6.07) is 12.3. The van der Waals surface area contributed by atoms with Gasteiger partial charge in [0.1, 0.15) is 6.54 Å². The van der Waals surface area contributed by atoms with E-state index in [4.69, 9.17) is 0 Å². The average molecular weight is 485 g/mol. The number of Topliss-reactive ketones (excluding diaryl/α,β-unsaturated/α-hetero) is 1. The van der Waals surface area contributed by atoms with Gasteiger partial charge in [-0.1, -0.05) is 15.9 Å². The van der Waals surface area contributed by atoms with Crippen molar-refractivity contribution >= 4 is 67.5 Å². The van der Waals surface area contributed by atoms with E-state index in [0.717, 1.165) is 3.57 Å². The Hall–Kier alpha value is -1.74. The third kappa shape index (κ3) is 3.30. The van der Waals surface area contributed by atoms with E-state index in [1.165, 1.54) is 4.90 Å². The number of nitrogens with zero attached hydrogens (tertiary/aromatic N) is 1. The topological polar surface area (TPSA) is 66.5 Å². The van der Waals surface area contributed by atoms with Gasteiger partial charge in [0.25, 0.3) is 11.7 Å². The van der Waals surface area contributed by atoms with E-state index in [0.29, 0.717) is 21.4 Å². The molecule has 3 rings (SSSR count). The molecule has 2 amide bonds. The Morgan fingerprint density at radius 3 is 2.52 bits per heavy atom. The van der Waals surface area contributed by atoms with Crippen molar-refractivity contribution < 1.29 is 14.4 Å². The Bertz CT molecular complexity index is 821. The van der Waals surface area contributed by atoms with Crippen LogP contribution in [0.1, 0.15) is 10.4 Å². The molecule has 0 saturated carbocycles. The van der Waals surface area contributed by atoms with Gasteiger partial charge in [-0.2, -0.15) is 0 Å². The minimum atomic E-state index is -0.684. The van der Waals surface area contributed by atoms with Crippen LogP contribution in [0.15, 0.2) is 46.9 Å². The third-order valence-corrected chi connectivity index (χ3v) is 4.58. The predicted molar refractivity (Wildman–Crippen MR) is 98.6 cm³/mol. The third-order valence-electron chi connectivity index (χ3n) is 3.36. The zero-order valence-electron chi connectivity index (χ0n) is 11.7. The fraction of sp³-hybridized carbons (Fsp3) is 0.0625. The lowest BCUT2D eigenvalue weighted by Gasteiger charge is -2.16. The average Bonchev–Trinajstić information content (AvgIpc) is 2.74. The van der Waals surface area contributed by atoms with Crippen LogP contribution in [-0.2, 0) is 9.59 Å². The quantitative estimate of drug-likeness (QED) is 0.537. The van der Waals surface area contributed by atoms with Crippen molar-refractivity contribution in [1.29, 1.82) is 0 Å². The Morgan fingerprint density at radius 1 is 1.13 bits per heavy atom. The second-order valence-corrected chi connectivity index (χ2v) is 7.10. The molecule has 23 heavy (non-hydrogen) atoms. The minimum Gasteiger partial charge on any atom is -0.325 e. The maximum Gasteiger partial charge on any atom is 0.299 e. The summed E-state index contributed by atoms with van der Waals surface area (Å²) in [5, 5.41) is 2.72. The zero-order valence-corrected chi connectivity index (χ0v) is 15.4. The summed E-state index contributed by atoms with van der Waals surface area (Å²) >= 11 is 5.44. The first kappa shape index (κ1) is 16.1. The Labute approximate surface area is 154 Å². The number of hydrogen-bond acceptors (Lipinski definition) is 3. The highest BCUT2D eigenvalue weighted by Gasteiger charge is 2.36. The van der Waals surface area contributed by atoms with Gasteiger partial charge in [0.2, 0.25) is 5.91 Å². The molecule has 5 nitrogen and oxygen atoms in total. The normalized spacial score (nSPS) is 13.2. The van der Waals surface area contributed by atoms with Crippen LogP contribution < -0.4 is 10.2 Å². The van der Waals surface area contributed by atoms with Gasteiger partial charge in [-0.05, 0) is 65.1 Å². The summed E-state index contributed by atoms with van der Waals surface area (Å²) in [5.74, 6) is -1.64. The summed E-state index contributed by atoms with van der Waals surface area (Å²) in [6.07, 6.45) is 0. The number of amides is 2. The van der Waals surface area contributed by atoms with Gasteiger partial charge in [0.05, 0.1) is 11.3 Å². The molecular formula is C16H10BrIN2O3. The highest BCUT2D eigenvalue weighted by atomic mass is 127. The van der Waals surface area contributed by atoms with Gasteiger partial charge < -0.3 is 5.32 Å². The number of hydrogen-bond donors (Lipinski definition) is 1. The molecule has 0 saturated heterocycles. The van der Waals surface area contributed by atoms with Gasteiger partial charge in [-0.15, -0.1) is 0 Å². The van der Waals surface area contributed by atoms with Crippen molar-refractivity contribution in [2.24, 2.45) is 0 Å². The molecule has 0 bridgehead atoms. The molecule has 0 spiro atoms. The lowest BCUT2D eigenvalue weighted by molar-refractivity contribution is -0.118.